The third kappa shape index (κ3) is 2.24. The smallest absolute Gasteiger partial charge is 0.323 e. The minimum absolute atomic E-state index is 0.171. The molecule has 4 nitrogen and oxygen atoms in total. The molecule has 0 radical (unpaired) electrons. The molecule has 1 fully saturated rings. The minimum atomic E-state index is -0.874. The molecule has 92 valence electrons. The summed E-state index contributed by atoms with van der Waals surface area (Å²) in [6.45, 7) is 0.190. The van der Waals surface area contributed by atoms with Crippen molar-refractivity contribution in [2.45, 2.75) is 24.9 Å². The van der Waals surface area contributed by atoms with Crippen LogP contribution in [-0.2, 0) is 11.3 Å². The van der Waals surface area contributed by atoms with Crippen LogP contribution >= 0.6 is 0 Å². The van der Waals surface area contributed by atoms with Crippen LogP contribution in [-0.4, -0.2) is 23.7 Å². The van der Waals surface area contributed by atoms with Crippen molar-refractivity contribution in [1.29, 1.82) is 0 Å². The molecule has 1 saturated carbocycles. The molecule has 1 aromatic carbocycles. The fourth-order valence-electron chi connectivity index (χ4n) is 1.71. The average molecular weight is 239 g/mol. The van der Waals surface area contributed by atoms with Gasteiger partial charge in [0.2, 0.25) is 0 Å². The Labute approximate surface area is 98.4 Å². The van der Waals surface area contributed by atoms with Crippen LogP contribution in [0.1, 0.15) is 18.4 Å². The van der Waals surface area contributed by atoms with Gasteiger partial charge in [-0.15, -0.1) is 0 Å². The Morgan fingerprint density at radius 3 is 2.82 bits per heavy atom. The molecule has 17 heavy (non-hydrogen) atoms. The molecule has 0 bridgehead atoms. The number of methoxy groups -OCH3 is 1. The summed E-state index contributed by atoms with van der Waals surface area (Å²) in [5.74, 6) is -1.14. The van der Waals surface area contributed by atoms with Gasteiger partial charge in [-0.25, -0.2) is 4.39 Å². The van der Waals surface area contributed by atoms with E-state index in [4.69, 9.17) is 9.84 Å². The monoisotopic (exact) mass is 239 g/mol. The molecule has 2 N–H and O–H groups in total. The SMILES string of the molecule is COc1cccc(CNC2(C(=O)O)CC2)c1F. The van der Waals surface area contributed by atoms with Crippen molar-refractivity contribution in [2.24, 2.45) is 0 Å². The predicted molar refractivity (Wildman–Crippen MR) is 59.4 cm³/mol. The van der Waals surface area contributed by atoms with Crippen molar-refractivity contribution < 1.29 is 19.0 Å². The molecule has 0 spiro atoms. The van der Waals surface area contributed by atoms with Crippen LogP contribution in [0.4, 0.5) is 4.39 Å². The molecule has 0 aromatic heterocycles. The first kappa shape index (κ1) is 11.9. The number of carboxylic acid groups (broad SMARTS) is 1. The van der Waals surface area contributed by atoms with Crippen molar-refractivity contribution in [3.05, 3.63) is 29.6 Å². The van der Waals surface area contributed by atoms with Gasteiger partial charge < -0.3 is 9.84 Å². The molecule has 1 aromatic rings. The zero-order valence-corrected chi connectivity index (χ0v) is 9.50. The second-order valence-electron chi connectivity index (χ2n) is 4.17. The highest BCUT2D eigenvalue weighted by atomic mass is 19.1. The largest absolute Gasteiger partial charge is 0.494 e. The van der Waals surface area contributed by atoms with Crippen molar-refractivity contribution in [1.82, 2.24) is 5.32 Å². The molecule has 0 atom stereocenters. The number of carbonyl (C=O) groups is 1. The fourth-order valence-corrected chi connectivity index (χ4v) is 1.71. The quantitative estimate of drug-likeness (QED) is 0.818. The molecule has 0 unspecified atom stereocenters. The van der Waals surface area contributed by atoms with E-state index in [1.54, 1.807) is 12.1 Å². The van der Waals surface area contributed by atoms with Crippen molar-refractivity contribution in [3.8, 4) is 5.75 Å². The van der Waals surface area contributed by atoms with Crippen molar-refractivity contribution >= 4 is 5.97 Å². The van der Waals surface area contributed by atoms with Crippen LogP contribution < -0.4 is 10.1 Å². The van der Waals surface area contributed by atoms with Gasteiger partial charge in [0.05, 0.1) is 7.11 Å². The zero-order chi connectivity index (χ0) is 12.5. The van der Waals surface area contributed by atoms with Crippen LogP contribution in [0.15, 0.2) is 18.2 Å². The van der Waals surface area contributed by atoms with Gasteiger partial charge in [-0.05, 0) is 18.9 Å². The summed E-state index contributed by atoms with van der Waals surface area (Å²) in [6, 6.07) is 4.82. The number of benzene rings is 1. The highest BCUT2D eigenvalue weighted by Gasteiger charge is 2.49. The number of halogens is 1. The Balaban J connectivity index is 2.07. The molecule has 0 aliphatic heterocycles. The number of rotatable bonds is 5. The van der Waals surface area contributed by atoms with Crippen LogP contribution in [0.2, 0.25) is 0 Å². The van der Waals surface area contributed by atoms with Crippen LogP contribution in [0, 0.1) is 5.82 Å². The molecule has 1 aliphatic carbocycles. The first-order valence-electron chi connectivity index (χ1n) is 5.39. The van der Waals surface area contributed by atoms with Crippen LogP contribution in [0.5, 0.6) is 5.75 Å². The summed E-state index contributed by atoms with van der Waals surface area (Å²) in [5, 5.41) is 11.9. The Morgan fingerprint density at radius 2 is 2.29 bits per heavy atom. The third-order valence-corrected chi connectivity index (χ3v) is 3.04. The first-order valence-corrected chi connectivity index (χ1v) is 5.39. The van der Waals surface area contributed by atoms with Gasteiger partial charge in [0.1, 0.15) is 5.54 Å². The lowest BCUT2D eigenvalue weighted by Crippen LogP contribution is -2.38. The summed E-state index contributed by atoms with van der Waals surface area (Å²) in [7, 11) is 1.40. The van der Waals surface area contributed by atoms with E-state index in [1.165, 1.54) is 13.2 Å². The molecular formula is C12H14FNO3. The van der Waals surface area contributed by atoms with Gasteiger partial charge in [-0.3, -0.25) is 10.1 Å². The number of carboxylic acids is 1. The molecule has 2 rings (SSSR count). The second kappa shape index (κ2) is 4.33. The van der Waals surface area contributed by atoms with Crippen molar-refractivity contribution in [2.75, 3.05) is 7.11 Å². The Kier molecular flexibility index (Phi) is 3.02. The van der Waals surface area contributed by atoms with E-state index in [2.05, 4.69) is 5.32 Å². The van der Waals surface area contributed by atoms with E-state index in [-0.39, 0.29) is 12.3 Å². The van der Waals surface area contributed by atoms with Gasteiger partial charge in [-0.1, -0.05) is 12.1 Å². The van der Waals surface area contributed by atoms with E-state index >= 15 is 0 Å². The summed E-state index contributed by atoms with van der Waals surface area (Å²) in [6.07, 6.45) is 1.18. The number of nitrogens with one attached hydrogen (secondary N) is 1. The highest BCUT2D eigenvalue weighted by Crippen LogP contribution is 2.36. The summed E-state index contributed by atoms with van der Waals surface area (Å²) in [5.41, 5.74) is -0.438. The number of hydrogen-bond donors (Lipinski definition) is 2. The van der Waals surface area contributed by atoms with Crippen molar-refractivity contribution in [3.63, 3.8) is 0 Å². The lowest BCUT2D eigenvalue weighted by atomic mass is 10.1. The summed E-state index contributed by atoms with van der Waals surface area (Å²) in [4.78, 5) is 10.9. The fraction of sp³-hybridized carbons (Fsp3) is 0.417. The van der Waals surface area contributed by atoms with Gasteiger partial charge in [-0.2, -0.15) is 0 Å². The summed E-state index contributed by atoms with van der Waals surface area (Å²) >= 11 is 0. The van der Waals surface area contributed by atoms with Crippen LogP contribution in [0.3, 0.4) is 0 Å². The topological polar surface area (TPSA) is 58.6 Å². The maximum atomic E-state index is 13.8. The van der Waals surface area contributed by atoms with Gasteiger partial charge in [0.15, 0.2) is 11.6 Å². The first-order chi connectivity index (χ1) is 8.09. The number of aliphatic carboxylic acids is 1. The lowest BCUT2D eigenvalue weighted by molar-refractivity contribution is -0.140. The minimum Gasteiger partial charge on any atom is -0.494 e. The van der Waals surface area contributed by atoms with E-state index in [0.717, 1.165) is 0 Å². The number of ether oxygens (including phenoxy) is 1. The maximum absolute atomic E-state index is 13.8. The predicted octanol–water partition coefficient (Wildman–Crippen LogP) is 1.54. The standard InChI is InChI=1S/C12H14FNO3/c1-17-9-4-2-3-8(10(9)13)7-14-12(5-6-12)11(15)16/h2-4,14H,5-7H2,1H3,(H,15,16). The van der Waals surface area contributed by atoms with E-state index < -0.39 is 17.3 Å². The Morgan fingerprint density at radius 1 is 1.59 bits per heavy atom. The molecule has 0 saturated heterocycles. The molecule has 0 amide bonds. The Bertz CT molecular complexity index is 443. The van der Waals surface area contributed by atoms with Gasteiger partial charge >= 0.3 is 5.97 Å². The second-order valence-corrected chi connectivity index (χ2v) is 4.17. The normalized spacial score (nSPS) is 16.6. The molecule has 1 aliphatic rings. The zero-order valence-electron chi connectivity index (χ0n) is 9.50. The van der Waals surface area contributed by atoms with Crippen LogP contribution in [0.25, 0.3) is 0 Å². The van der Waals surface area contributed by atoms with Gasteiger partial charge in [0.25, 0.3) is 0 Å². The van der Waals surface area contributed by atoms with E-state index in [9.17, 15) is 9.18 Å². The average Bonchev–Trinajstić information content (AvgIpc) is 3.09. The van der Waals surface area contributed by atoms with E-state index in [1.807, 2.05) is 0 Å². The van der Waals surface area contributed by atoms with Gasteiger partial charge in [0, 0.05) is 12.1 Å². The summed E-state index contributed by atoms with van der Waals surface area (Å²) < 4.78 is 18.6. The highest BCUT2D eigenvalue weighted by molar-refractivity contribution is 5.82. The third-order valence-electron chi connectivity index (χ3n) is 3.04. The lowest BCUT2D eigenvalue weighted by Gasteiger charge is -2.13. The maximum Gasteiger partial charge on any atom is 0.323 e. The Hall–Kier alpha value is -1.62. The van der Waals surface area contributed by atoms with E-state index in [0.29, 0.717) is 18.4 Å². The molecule has 0 heterocycles. The molecular weight excluding hydrogens is 225 g/mol. The molecule has 5 heteroatoms. The number of hydrogen-bond acceptors (Lipinski definition) is 3.